The van der Waals surface area contributed by atoms with Gasteiger partial charge >= 0.3 is 0 Å². The molecule has 2 aromatic rings. The van der Waals surface area contributed by atoms with Crippen molar-refractivity contribution in [3.05, 3.63) is 28.3 Å². The maximum absolute atomic E-state index is 5.88. The Morgan fingerprint density at radius 1 is 1.27 bits per heavy atom. The fourth-order valence-corrected chi connectivity index (χ4v) is 4.75. The Bertz CT molecular complexity index is 619. The molecular weight excluding hydrogens is 292 g/mol. The van der Waals surface area contributed by atoms with Gasteiger partial charge in [-0.15, -0.1) is 0 Å². The molecule has 22 heavy (non-hydrogen) atoms. The van der Waals surface area contributed by atoms with Gasteiger partial charge in [-0.2, -0.15) is 11.3 Å². The second-order valence-corrected chi connectivity index (χ2v) is 7.64. The minimum atomic E-state index is 0.779. The van der Waals surface area contributed by atoms with Crippen molar-refractivity contribution in [2.75, 3.05) is 13.1 Å². The first-order chi connectivity index (χ1) is 10.8. The van der Waals surface area contributed by atoms with Crippen LogP contribution in [0.2, 0.25) is 0 Å². The first-order valence-corrected chi connectivity index (χ1v) is 9.45. The number of thiophene rings is 1. The van der Waals surface area contributed by atoms with Crippen LogP contribution < -0.4 is 0 Å². The molecule has 0 N–H and O–H groups in total. The molecule has 0 aromatic carbocycles. The standard InChI is InChI=1S/C18H24N2OS/c1-13-17(19-18(21-13)16-7-9-22-12-16)11-20-8-6-14-4-2-3-5-15(14)10-20/h7,9,12,14-15H,2-6,8,10-11H2,1H3/t14-,15-/m0/s1. The Kier molecular flexibility index (Phi) is 4.05. The molecule has 1 saturated carbocycles. The van der Waals surface area contributed by atoms with E-state index in [1.54, 1.807) is 11.3 Å². The topological polar surface area (TPSA) is 29.3 Å². The Hall–Kier alpha value is -1.13. The molecule has 1 aliphatic heterocycles. The molecule has 2 aromatic heterocycles. The third-order valence-corrected chi connectivity index (χ3v) is 6.09. The van der Waals surface area contributed by atoms with E-state index in [-0.39, 0.29) is 0 Å². The first-order valence-electron chi connectivity index (χ1n) is 8.51. The highest BCUT2D eigenvalue weighted by molar-refractivity contribution is 7.08. The lowest BCUT2D eigenvalue weighted by molar-refractivity contribution is 0.0810. The summed E-state index contributed by atoms with van der Waals surface area (Å²) in [6.07, 6.45) is 7.15. The predicted molar refractivity (Wildman–Crippen MR) is 89.9 cm³/mol. The zero-order valence-electron chi connectivity index (χ0n) is 13.3. The van der Waals surface area contributed by atoms with Gasteiger partial charge in [0.1, 0.15) is 5.76 Å². The Balaban J connectivity index is 1.45. The number of rotatable bonds is 3. The molecule has 0 spiro atoms. The summed E-state index contributed by atoms with van der Waals surface area (Å²) < 4.78 is 5.88. The van der Waals surface area contributed by atoms with Crippen LogP contribution in [0.4, 0.5) is 0 Å². The summed E-state index contributed by atoms with van der Waals surface area (Å²) >= 11 is 1.69. The lowest BCUT2D eigenvalue weighted by Gasteiger charge is -2.41. The van der Waals surface area contributed by atoms with E-state index in [2.05, 4.69) is 21.7 Å². The molecule has 2 aliphatic rings. The molecular formula is C18H24N2OS. The van der Waals surface area contributed by atoms with Crippen LogP contribution in [-0.4, -0.2) is 23.0 Å². The maximum atomic E-state index is 5.88. The SMILES string of the molecule is Cc1oc(-c2ccsc2)nc1CN1CC[C@@H]2CCCC[C@H]2C1. The fraction of sp³-hybridized carbons (Fsp3) is 0.611. The van der Waals surface area contributed by atoms with Gasteiger partial charge < -0.3 is 4.42 Å². The summed E-state index contributed by atoms with van der Waals surface area (Å²) in [5.41, 5.74) is 2.22. The van der Waals surface area contributed by atoms with Gasteiger partial charge in [-0.25, -0.2) is 4.98 Å². The van der Waals surface area contributed by atoms with E-state index in [0.717, 1.165) is 41.3 Å². The third-order valence-electron chi connectivity index (χ3n) is 5.41. The average molecular weight is 316 g/mol. The number of likely N-dealkylation sites (tertiary alicyclic amines) is 1. The minimum absolute atomic E-state index is 0.779. The van der Waals surface area contributed by atoms with Gasteiger partial charge in [0.2, 0.25) is 5.89 Å². The summed E-state index contributed by atoms with van der Waals surface area (Å²) in [4.78, 5) is 7.34. The van der Waals surface area contributed by atoms with E-state index in [0.29, 0.717) is 0 Å². The minimum Gasteiger partial charge on any atom is -0.441 e. The van der Waals surface area contributed by atoms with E-state index in [1.165, 1.54) is 45.2 Å². The van der Waals surface area contributed by atoms with Crippen LogP contribution in [0.5, 0.6) is 0 Å². The number of nitrogens with zero attached hydrogens (tertiary/aromatic N) is 2. The molecule has 4 rings (SSSR count). The summed E-state index contributed by atoms with van der Waals surface area (Å²) in [6.45, 7) is 5.47. The largest absolute Gasteiger partial charge is 0.441 e. The quantitative estimate of drug-likeness (QED) is 0.820. The molecule has 2 atom stereocenters. The molecule has 118 valence electrons. The van der Waals surface area contributed by atoms with Crippen LogP contribution in [0.15, 0.2) is 21.2 Å². The first kappa shape index (κ1) is 14.5. The zero-order chi connectivity index (χ0) is 14.9. The van der Waals surface area contributed by atoms with Crippen molar-refractivity contribution in [1.82, 2.24) is 9.88 Å². The fourth-order valence-electron chi connectivity index (χ4n) is 4.12. The molecule has 1 saturated heterocycles. The van der Waals surface area contributed by atoms with Crippen molar-refractivity contribution in [3.8, 4) is 11.5 Å². The molecule has 0 radical (unpaired) electrons. The van der Waals surface area contributed by atoms with Crippen molar-refractivity contribution < 1.29 is 4.42 Å². The average Bonchev–Trinajstić information content (AvgIpc) is 3.18. The summed E-state index contributed by atoms with van der Waals surface area (Å²) in [7, 11) is 0. The van der Waals surface area contributed by atoms with Crippen LogP contribution in [0, 0.1) is 18.8 Å². The van der Waals surface area contributed by atoms with E-state index in [1.807, 2.05) is 6.92 Å². The van der Waals surface area contributed by atoms with Crippen molar-refractivity contribution in [1.29, 1.82) is 0 Å². The summed E-state index contributed by atoms with van der Waals surface area (Å²) in [5.74, 6) is 3.67. The van der Waals surface area contributed by atoms with E-state index < -0.39 is 0 Å². The zero-order valence-corrected chi connectivity index (χ0v) is 14.1. The number of aromatic nitrogens is 1. The Labute approximate surface area is 136 Å². The molecule has 4 heteroatoms. The van der Waals surface area contributed by atoms with Crippen molar-refractivity contribution in [2.24, 2.45) is 11.8 Å². The van der Waals surface area contributed by atoms with Crippen LogP contribution in [0.25, 0.3) is 11.5 Å². The second kappa shape index (κ2) is 6.17. The highest BCUT2D eigenvalue weighted by atomic mass is 32.1. The monoisotopic (exact) mass is 316 g/mol. The van der Waals surface area contributed by atoms with Gasteiger partial charge in [-0.3, -0.25) is 4.90 Å². The van der Waals surface area contributed by atoms with Crippen molar-refractivity contribution in [2.45, 2.75) is 45.6 Å². The number of aryl methyl sites for hydroxylation is 1. The van der Waals surface area contributed by atoms with Crippen LogP contribution in [0.1, 0.15) is 43.6 Å². The van der Waals surface area contributed by atoms with E-state index >= 15 is 0 Å². The molecule has 3 heterocycles. The Morgan fingerprint density at radius 3 is 2.95 bits per heavy atom. The summed E-state index contributed by atoms with van der Waals surface area (Å²) in [5, 5.41) is 4.17. The number of hydrogen-bond acceptors (Lipinski definition) is 4. The Morgan fingerprint density at radius 2 is 2.14 bits per heavy atom. The van der Waals surface area contributed by atoms with Crippen molar-refractivity contribution in [3.63, 3.8) is 0 Å². The maximum Gasteiger partial charge on any atom is 0.227 e. The number of hydrogen-bond donors (Lipinski definition) is 0. The molecule has 0 amide bonds. The highest BCUT2D eigenvalue weighted by Gasteiger charge is 2.31. The normalized spacial score (nSPS) is 26.0. The van der Waals surface area contributed by atoms with Crippen LogP contribution in [0.3, 0.4) is 0 Å². The van der Waals surface area contributed by atoms with E-state index in [9.17, 15) is 0 Å². The van der Waals surface area contributed by atoms with Gasteiger partial charge in [0, 0.05) is 24.0 Å². The molecule has 2 fully saturated rings. The third kappa shape index (κ3) is 2.86. The molecule has 3 nitrogen and oxygen atoms in total. The number of piperidine rings is 1. The van der Waals surface area contributed by atoms with E-state index in [4.69, 9.17) is 9.40 Å². The lowest BCUT2D eigenvalue weighted by Crippen LogP contribution is -2.41. The number of oxazole rings is 1. The smallest absolute Gasteiger partial charge is 0.227 e. The van der Waals surface area contributed by atoms with Gasteiger partial charge in [0.05, 0.1) is 5.69 Å². The molecule has 0 unspecified atom stereocenters. The van der Waals surface area contributed by atoms with Crippen molar-refractivity contribution >= 4 is 11.3 Å². The highest BCUT2D eigenvalue weighted by Crippen LogP contribution is 2.36. The van der Waals surface area contributed by atoms with Gasteiger partial charge in [-0.05, 0) is 49.6 Å². The van der Waals surface area contributed by atoms with Crippen LogP contribution >= 0.6 is 11.3 Å². The summed E-state index contributed by atoms with van der Waals surface area (Å²) in [6, 6.07) is 2.08. The molecule has 1 aliphatic carbocycles. The molecule has 0 bridgehead atoms. The number of fused-ring (bicyclic) bond motifs is 1. The van der Waals surface area contributed by atoms with Gasteiger partial charge in [0.15, 0.2) is 0 Å². The predicted octanol–water partition coefficient (Wildman–Crippen LogP) is 4.72. The van der Waals surface area contributed by atoms with Crippen LogP contribution in [-0.2, 0) is 6.54 Å². The van der Waals surface area contributed by atoms with Gasteiger partial charge in [0.25, 0.3) is 0 Å². The van der Waals surface area contributed by atoms with Gasteiger partial charge in [-0.1, -0.05) is 19.3 Å². The lowest BCUT2D eigenvalue weighted by atomic mass is 9.75. The second-order valence-electron chi connectivity index (χ2n) is 6.86.